The van der Waals surface area contributed by atoms with E-state index in [1.165, 1.54) is 39.5 Å². The van der Waals surface area contributed by atoms with Gasteiger partial charge in [0, 0.05) is 86.1 Å². The Morgan fingerprint density at radius 3 is 1.26 bits per heavy atom. The van der Waals surface area contributed by atoms with E-state index < -0.39 is 17.5 Å². The summed E-state index contributed by atoms with van der Waals surface area (Å²) in [6.07, 6.45) is 14.2. The number of fused-ring (bicyclic) bond motifs is 3. The predicted molar refractivity (Wildman–Crippen MR) is 410 cm³/mol. The molecule has 111 heavy (non-hydrogen) atoms. The fourth-order valence-electron chi connectivity index (χ4n) is 13.8. The number of nitrogens with zero attached hydrogens (tertiary/aromatic N) is 12. The summed E-state index contributed by atoms with van der Waals surface area (Å²) in [5.41, 5.74) is 8.18. The third-order valence-corrected chi connectivity index (χ3v) is 19.1. The minimum absolute atomic E-state index is 0.0131. The molecule has 3 aliphatic rings. The van der Waals surface area contributed by atoms with Crippen molar-refractivity contribution in [3.05, 3.63) is 218 Å². The van der Waals surface area contributed by atoms with E-state index in [0.717, 1.165) is 92.8 Å². The van der Waals surface area contributed by atoms with Crippen molar-refractivity contribution in [3.8, 4) is 121 Å². The van der Waals surface area contributed by atoms with Gasteiger partial charge in [0.05, 0.1) is 98.7 Å². The van der Waals surface area contributed by atoms with Crippen molar-refractivity contribution < 1.29 is 65.4 Å². The second kappa shape index (κ2) is 34.3. The highest BCUT2D eigenvalue weighted by Crippen LogP contribution is 2.41. The van der Waals surface area contributed by atoms with Gasteiger partial charge in [-0.25, -0.2) is 15.0 Å². The fourth-order valence-corrected chi connectivity index (χ4v) is 13.8. The predicted octanol–water partition coefficient (Wildman–Crippen LogP) is 15.3. The van der Waals surface area contributed by atoms with Gasteiger partial charge in [-0.05, 0) is 181 Å². The van der Waals surface area contributed by atoms with Crippen LogP contribution in [0.25, 0.3) is 50.3 Å². The first-order valence-electron chi connectivity index (χ1n) is 36.1. The van der Waals surface area contributed by atoms with E-state index in [-0.39, 0.29) is 70.0 Å². The molecule has 3 fully saturated rings. The van der Waals surface area contributed by atoms with Crippen LogP contribution < -0.4 is 37.9 Å². The molecule has 566 valence electrons. The van der Waals surface area contributed by atoms with E-state index in [0.29, 0.717) is 81.5 Å². The maximum atomic E-state index is 14.5. The quantitative estimate of drug-likeness (QED) is 0.0510. The lowest BCUT2D eigenvalue weighted by Gasteiger charge is -2.14. The Balaban J connectivity index is 0.000000146. The summed E-state index contributed by atoms with van der Waals surface area (Å²) >= 11 is 0. The first-order valence-corrected chi connectivity index (χ1v) is 36.1. The number of imidazole rings is 3. The number of methoxy groups -OCH3 is 3. The average molecular weight is 1500 g/mol. The minimum Gasteiger partial charge on any atom is -0.494 e. The number of hydrogen-bond acceptors (Lipinski definition) is 17. The Bertz CT molecular complexity index is 5570. The Kier molecular flexibility index (Phi) is 23.4. The van der Waals surface area contributed by atoms with Crippen molar-refractivity contribution in [3.63, 3.8) is 0 Å². The molecule has 6 aromatic carbocycles. The Labute approximate surface area is 638 Å². The minimum atomic E-state index is -0.563. The zero-order valence-electron chi connectivity index (χ0n) is 62.4. The van der Waals surface area contributed by atoms with Gasteiger partial charge >= 0.3 is 0 Å². The van der Waals surface area contributed by atoms with Crippen molar-refractivity contribution in [2.45, 2.75) is 71.6 Å². The smallest absolute Gasteiger partial charge is 0.298 e. The topological polar surface area (TPSA) is 225 Å². The number of aryl methyl sites for hydroxylation is 1. The Morgan fingerprint density at radius 1 is 0.505 bits per heavy atom. The summed E-state index contributed by atoms with van der Waals surface area (Å²) in [6.45, 7) is 17.2. The molecule has 15 rings (SSSR count). The molecular weight excluding hydrogens is 1420 g/mol. The maximum absolute atomic E-state index is 14.5. The highest BCUT2D eigenvalue weighted by molar-refractivity contribution is 5.94. The van der Waals surface area contributed by atoms with Crippen LogP contribution in [0.4, 0.5) is 13.2 Å². The second-order valence-corrected chi connectivity index (χ2v) is 25.9. The standard InChI is InChI=1S/C29H27FN4O4.C28H27FN4O4.C28H25FN4O3/c1-4-7-25(35)33-15-14-20(18-33)29-32-28(22-16-31-17-26(34(22)29)37-5-2)19-10-12-21(13-11-19)38-24-9-6-8-23(36-3)27(24)30;1-4-24(34)32-14-13-19(17-32)28-31-27(21-15-30-16-25(33(21)28)36-5-2)18-9-11-20(12-10-18)37-23-8-6-7-22(35-3)26(23)29;1-4-6-24(34)32-15-13-20(17-32)28-31-26(27-18(2)30-14-16-33(27)28)19-9-11-21(12-10-19)36-23-8-5-7-22(35-3)25(23)29/h6,8-13,16-17,20H,5,14-15,18H2,1-3H3;4,6-12,15-16,19H,1,5,13-14,17H2,2-3H3;5,7-12,14,16,20H,13,15,17H2,1-3H3/t20-;19-;20-/m111/s1. The fraction of sp³-hybridized carbons (Fsp3) is 0.259. The van der Waals surface area contributed by atoms with Crippen LogP contribution in [0.1, 0.15) is 87.9 Å². The molecule has 3 aliphatic heterocycles. The largest absolute Gasteiger partial charge is 0.494 e. The van der Waals surface area contributed by atoms with Crippen LogP contribution in [-0.2, 0) is 14.4 Å². The van der Waals surface area contributed by atoms with Crippen molar-refractivity contribution in [1.29, 1.82) is 0 Å². The molecule has 12 aromatic rings. The van der Waals surface area contributed by atoms with E-state index in [1.807, 2.05) is 72.2 Å². The highest BCUT2D eigenvalue weighted by atomic mass is 19.1. The monoisotopic (exact) mass is 1500 g/mol. The van der Waals surface area contributed by atoms with E-state index >= 15 is 0 Å². The zero-order valence-corrected chi connectivity index (χ0v) is 62.4. The number of aromatic nitrogens is 9. The lowest BCUT2D eigenvalue weighted by Crippen LogP contribution is -2.27. The van der Waals surface area contributed by atoms with Gasteiger partial charge in [-0.15, -0.1) is 0 Å². The second-order valence-electron chi connectivity index (χ2n) is 25.9. The van der Waals surface area contributed by atoms with Gasteiger partial charge in [0.1, 0.15) is 34.7 Å². The maximum Gasteiger partial charge on any atom is 0.298 e. The Morgan fingerprint density at radius 2 is 0.874 bits per heavy atom. The molecule has 3 saturated heterocycles. The zero-order chi connectivity index (χ0) is 77.8. The van der Waals surface area contributed by atoms with Crippen molar-refractivity contribution >= 4 is 34.3 Å². The number of likely N-dealkylation sites (tertiary alicyclic amines) is 3. The van der Waals surface area contributed by atoms with Gasteiger partial charge in [0.15, 0.2) is 34.5 Å². The van der Waals surface area contributed by atoms with Crippen LogP contribution in [0.5, 0.6) is 63.5 Å². The lowest BCUT2D eigenvalue weighted by atomic mass is 10.1. The number of carbonyl (C=O) groups is 3. The molecule has 0 bridgehead atoms. The van der Waals surface area contributed by atoms with Gasteiger partial charge in [0.2, 0.25) is 35.1 Å². The van der Waals surface area contributed by atoms with E-state index in [2.05, 4.69) is 49.6 Å². The SMILES string of the molecule is C=CC(=O)N1CC[C@@H](c2nc(-c3ccc(Oc4cccc(OC)c4F)cc3)c3cncc(OCC)n23)C1.CC#CC(=O)N1CC[C@@H](c2nc(-c3ccc(Oc4cccc(OC)c4F)cc3)c3c(C)nccn23)C1.CC#CC(=O)N1CC[C@@H](c2nc(-c3ccc(Oc4cccc(OC)c4F)cc3)c3cncc(OCC)n23)C1. The van der Waals surface area contributed by atoms with Gasteiger partial charge < -0.3 is 52.6 Å². The molecule has 23 nitrogen and oxygen atoms in total. The number of rotatable bonds is 20. The number of ether oxygens (including phenoxy) is 8. The summed E-state index contributed by atoms with van der Waals surface area (Å²) in [5.74, 6) is 14.4. The van der Waals surface area contributed by atoms with Crippen LogP contribution in [0, 0.1) is 48.1 Å². The third kappa shape index (κ3) is 16.1. The molecule has 0 N–H and O–H groups in total. The molecule has 0 spiro atoms. The van der Waals surface area contributed by atoms with E-state index in [4.69, 9.17) is 52.8 Å². The molecule has 0 saturated carbocycles. The molecule has 6 aromatic heterocycles. The molecule has 3 atom stereocenters. The van der Waals surface area contributed by atoms with Crippen molar-refractivity contribution in [2.75, 3.05) is 73.8 Å². The summed E-state index contributed by atoms with van der Waals surface area (Å²) in [7, 11) is 4.23. The van der Waals surface area contributed by atoms with Crippen LogP contribution >= 0.6 is 0 Å². The van der Waals surface area contributed by atoms with Crippen molar-refractivity contribution in [2.24, 2.45) is 0 Å². The molecule has 26 heteroatoms. The molecule has 9 heterocycles. The van der Waals surface area contributed by atoms with Gasteiger partial charge in [0.25, 0.3) is 11.8 Å². The van der Waals surface area contributed by atoms with Crippen LogP contribution in [0.15, 0.2) is 177 Å². The van der Waals surface area contributed by atoms with Gasteiger partial charge in [-0.1, -0.05) is 36.6 Å². The molecular formula is C85H79F3N12O11. The molecule has 0 unspecified atom stereocenters. The van der Waals surface area contributed by atoms with Crippen molar-refractivity contribution in [1.82, 2.24) is 57.8 Å². The summed E-state index contributed by atoms with van der Waals surface area (Å²) in [4.78, 5) is 70.4. The van der Waals surface area contributed by atoms with E-state index in [9.17, 15) is 27.6 Å². The van der Waals surface area contributed by atoms with E-state index in [1.54, 1.807) is 138 Å². The highest BCUT2D eigenvalue weighted by Gasteiger charge is 2.35. The van der Waals surface area contributed by atoms with Crippen LogP contribution in [0.2, 0.25) is 0 Å². The molecule has 0 aliphatic carbocycles. The number of amides is 3. The van der Waals surface area contributed by atoms with Gasteiger partial charge in [-0.2, -0.15) is 13.2 Å². The number of benzene rings is 6. The molecule has 3 amide bonds. The lowest BCUT2D eigenvalue weighted by molar-refractivity contribution is -0.125. The summed E-state index contributed by atoms with van der Waals surface area (Å²) in [6, 6.07) is 36.1. The third-order valence-electron chi connectivity index (χ3n) is 19.1. The van der Waals surface area contributed by atoms with Crippen LogP contribution in [0.3, 0.4) is 0 Å². The Hall–Kier alpha value is -13.4. The number of hydrogen-bond donors (Lipinski definition) is 0. The first kappa shape index (κ1) is 75.9. The average Bonchev–Trinajstić information content (AvgIpc) is 1.61. The summed E-state index contributed by atoms with van der Waals surface area (Å²) < 4.78 is 93.7. The van der Waals surface area contributed by atoms with Gasteiger partial charge in [-0.3, -0.25) is 42.5 Å². The molecule has 0 radical (unpaired) electrons. The normalized spacial score (nSPS) is 14.9. The number of halogens is 3. The summed E-state index contributed by atoms with van der Waals surface area (Å²) in [5, 5.41) is 0. The number of carbonyl (C=O) groups excluding carboxylic acids is 3. The first-order chi connectivity index (χ1) is 54.1. The van der Waals surface area contributed by atoms with Crippen LogP contribution in [-0.4, -0.2) is 149 Å².